The van der Waals surface area contributed by atoms with Crippen LogP contribution in [0.15, 0.2) is 34.5 Å². The summed E-state index contributed by atoms with van der Waals surface area (Å²) in [5.41, 5.74) is -5.60. The van der Waals surface area contributed by atoms with Crippen LogP contribution in [0.25, 0.3) is 0 Å². The molecule has 1 aliphatic rings. The topological polar surface area (TPSA) is 111 Å². The van der Waals surface area contributed by atoms with Crippen molar-refractivity contribution in [2.75, 3.05) is 31.6 Å². The Labute approximate surface area is 211 Å². The summed E-state index contributed by atoms with van der Waals surface area (Å²) in [5, 5.41) is 19.0. The minimum absolute atomic E-state index is 0.0267. The highest BCUT2D eigenvalue weighted by atomic mass is 32.2. The van der Waals surface area contributed by atoms with Crippen molar-refractivity contribution < 1.29 is 49.4 Å². The molecule has 1 aromatic heterocycles. The van der Waals surface area contributed by atoms with Gasteiger partial charge in [-0.2, -0.15) is 35.9 Å². The van der Waals surface area contributed by atoms with E-state index in [0.717, 1.165) is 16.4 Å². The number of sulfonamides is 1. The van der Waals surface area contributed by atoms with Gasteiger partial charge < -0.3 is 14.7 Å². The number of thiophene rings is 1. The molecule has 0 radical (unpaired) electrons. The van der Waals surface area contributed by atoms with Crippen LogP contribution in [0, 0.1) is 11.3 Å². The number of carbonyl (C=O) groups excluding carboxylic acids is 1. The third-order valence-electron chi connectivity index (χ3n) is 5.73. The highest BCUT2D eigenvalue weighted by molar-refractivity contribution is 7.91. The standard InChI is InChI=1S/C21H19F6N3O5S2/c1-12-11-29(15-4-3-13(10-28)9-14(15)20(22,23)24)7-8-30(12)37(33,34)17-6-5-16(36-17)19(32,18(31)35-2)21(25,26)27/h3-6,9,12,32H,7-8,11H2,1-2H3. The van der Waals surface area contributed by atoms with E-state index >= 15 is 0 Å². The first-order chi connectivity index (χ1) is 17.0. The summed E-state index contributed by atoms with van der Waals surface area (Å²) in [6.07, 6.45) is -10.3. The Bertz CT molecular complexity index is 1340. The normalized spacial score (nSPS) is 19.2. The number of piperazine rings is 1. The van der Waals surface area contributed by atoms with Gasteiger partial charge in [0.05, 0.1) is 29.2 Å². The van der Waals surface area contributed by atoms with E-state index in [0.29, 0.717) is 19.2 Å². The molecule has 2 unspecified atom stereocenters. The molecule has 1 N–H and O–H groups in total. The molecule has 2 aromatic rings. The zero-order chi connectivity index (χ0) is 28.0. The maximum atomic E-state index is 13.6. The van der Waals surface area contributed by atoms with Gasteiger partial charge in [0.25, 0.3) is 15.6 Å². The second kappa shape index (κ2) is 9.78. The Morgan fingerprint density at radius 3 is 2.32 bits per heavy atom. The van der Waals surface area contributed by atoms with Crippen molar-refractivity contribution in [1.29, 1.82) is 5.26 Å². The number of halogens is 6. The third-order valence-corrected chi connectivity index (χ3v) is 9.41. The van der Waals surface area contributed by atoms with Gasteiger partial charge in [0.15, 0.2) is 0 Å². The number of anilines is 1. The summed E-state index contributed by atoms with van der Waals surface area (Å²) >= 11 is 0.0267. The van der Waals surface area contributed by atoms with Crippen molar-refractivity contribution in [3.05, 3.63) is 46.3 Å². The number of nitriles is 1. The van der Waals surface area contributed by atoms with Crippen molar-refractivity contribution >= 4 is 33.0 Å². The Hall–Kier alpha value is -2.87. The largest absolute Gasteiger partial charge is 0.466 e. The number of ether oxygens (including phenoxy) is 1. The molecule has 37 heavy (non-hydrogen) atoms. The van der Waals surface area contributed by atoms with Gasteiger partial charge >= 0.3 is 18.3 Å². The number of rotatable bonds is 5. The number of aliphatic hydroxyl groups is 1. The number of hydrogen-bond donors (Lipinski definition) is 1. The van der Waals surface area contributed by atoms with E-state index in [1.54, 1.807) is 6.07 Å². The molecule has 16 heteroatoms. The van der Waals surface area contributed by atoms with Gasteiger partial charge in [0.1, 0.15) is 4.21 Å². The Morgan fingerprint density at radius 1 is 1.16 bits per heavy atom. The van der Waals surface area contributed by atoms with Crippen LogP contribution in [0.1, 0.15) is 22.9 Å². The van der Waals surface area contributed by atoms with E-state index in [1.165, 1.54) is 17.9 Å². The maximum Gasteiger partial charge on any atom is 0.433 e. The lowest BCUT2D eigenvalue weighted by molar-refractivity contribution is -0.265. The van der Waals surface area contributed by atoms with Gasteiger partial charge in [-0.3, -0.25) is 0 Å². The Morgan fingerprint density at radius 2 is 1.81 bits per heavy atom. The summed E-state index contributed by atoms with van der Waals surface area (Å²) in [6, 6.07) is 5.19. The molecule has 0 aliphatic carbocycles. The summed E-state index contributed by atoms with van der Waals surface area (Å²) in [4.78, 5) is 12.0. The predicted octanol–water partition coefficient (Wildman–Crippen LogP) is 3.46. The number of alkyl halides is 6. The van der Waals surface area contributed by atoms with Crippen LogP contribution < -0.4 is 4.90 Å². The van der Waals surface area contributed by atoms with Gasteiger partial charge in [-0.25, -0.2) is 13.2 Å². The highest BCUT2D eigenvalue weighted by Gasteiger charge is 2.63. The molecular formula is C21H19F6N3O5S2. The molecule has 2 heterocycles. The lowest BCUT2D eigenvalue weighted by Crippen LogP contribution is -2.54. The van der Waals surface area contributed by atoms with Crippen LogP contribution in [-0.4, -0.2) is 62.8 Å². The Balaban J connectivity index is 1.90. The lowest BCUT2D eigenvalue weighted by atomic mass is 10.0. The maximum absolute atomic E-state index is 13.6. The number of esters is 1. The summed E-state index contributed by atoms with van der Waals surface area (Å²) in [7, 11) is -3.83. The molecule has 202 valence electrons. The van der Waals surface area contributed by atoms with E-state index in [2.05, 4.69) is 4.74 Å². The molecule has 0 bridgehead atoms. The van der Waals surface area contributed by atoms with Crippen molar-refractivity contribution in [2.24, 2.45) is 0 Å². The summed E-state index contributed by atoms with van der Waals surface area (Å²) in [5.74, 6) is -2.05. The fraction of sp³-hybridized carbons (Fsp3) is 0.429. The number of benzene rings is 1. The van der Waals surface area contributed by atoms with Crippen LogP contribution >= 0.6 is 11.3 Å². The molecule has 0 saturated carbocycles. The first-order valence-electron chi connectivity index (χ1n) is 10.3. The summed E-state index contributed by atoms with van der Waals surface area (Å²) in [6.45, 7) is 0.719. The third kappa shape index (κ3) is 5.13. The van der Waals surface area contributed by atoms with E-state index < -0.39 is 54.6 Å². The fourth-order valence-corrected chi connectivity index (χ4v) is 7.04. The molecule has 1 aliphatic heterocycles. The monoisotopic (exact) mass is 571 g/mol. The van der Waals surface area contributed by atoms with Crippen LogP contribution in [0.3, 0.4) is 0 Å². The number of hydrogen-bond acceptors (Lipinski definition) is 8. The number of nitrogens with zero attached hydrogens (tertiary/aromatic N) is 3. The second-order valence-electron chi connectivity index (χ2n) is 8.07. The van der Waals surface area contributed by atoms with Gasteiger partial charge in [-0.05, 0) is 37.3 Å². The van der Waals surface area contributed by atoms with Gasteiger partial charge in [-0.15, -0.1) is 11.3 Å². The molecule has 2 atom stereocenters. The van der Waals surface area contributed by atoms with Crippen molar-refractivity contribution in [1.82, 2.24) is 4.31 Å². The molecule has 0 spiro atoms. The van der Waals surface area contributed by atoms with Crippen LogP contribution in [0.4, 0.5) is 32.0 Å². The average Bonchev–Trinajstić information content (AvgIpc) is 3.32. The second-order valence-corrected chi connectivity index (χ2v) is 11.3. The zero-order valence-corrected chi connectivity index (χ0v) is 20.7. The highest BCUT2D eigenvalue weighted by Crippen LogP contribution is 2.44. The van der Waals surface area contributed by atoms with Gasteiger partial charge in [0.2, 0.25) is 0 Å². The SMILES string of the molecule is COC(=O)C(O)(c1ccc(S(=O)(=O)N2CCN(c3ccc(C#N)cc3C(F)(F)F)CC2C)s1)C(F)(F)F. The minimum atomic E-state index is -5.51. The zero-order valence-electron chi connectivity index (χ0n) is 19.1. The molecule has 1 aromatic carbocycles. The van der Waals surface area contributed by atoms with Gasteiger partial charge in [-0.1, -0.05) is 0 Å². The first-order valence-corrected chi connectivity index (χ1v) is 12.6. The van der Waals surface area contributed by atoms with Crippen molar-refractivity contribution in [2.45, 2.75) is 35.1 Å². The molecule has 8 nitrogen and oxygen atoms in total. The van der Waals surface area contributed by atoms with E-state index in [1.807, 2.05) is 0 Å². The smallest absolute Gasteiger partial charge is 0.433 e. The predicted molar refractivity (Wildman–Crippen MR) is 118 cm³/mol. The minimum Gasteiger partial charge on any atom is -0.466 e. The van der Waals surface area contributed by atoms with Crippen LogP contribution in [-0.2, 0) is 31.3 Å². The average molecular weight is 572 g/mol. The molecule has 3 rings (SSSR count). The number of methoxy groups -OCH3 is 1. The first kappa shape index (κ1) is 28.7. The fourth-order valence-electron chi connectivity index (χ4n) is 3.90. The Kier molecular flexibility index (Phi) is 7.59. The van der Waals surface area contributed by atoms with Crippen molar-refractivity contribution in [3.63, 3.8) is 0 Å². The van der Waals surface area contributed by atoms with Crippen LogP contribution in [0.5, 0.6) is 0 Å². The summed E-state index contributed by atoms with van der Waals surface area (Å²) < 4.78 is 112. The molecule has 0 amide bonds. The van der Waals surface area contributed by atoms with E-state index in [4.69, 9.17) is 5.26 Å². The van der Waals surface area contributed by atoms with E-state index in [-0.39, 0.29) is 42.2 Å². The molecular weight excluding hydrogens is 552 g/mol. The van der Waals surface area contributed by atoms with Crippen LogP contribution in [0.2, 0.25) is 0 Å². The quantitative estimate of drug-likeness (QED) is 0.432. The lowest BCUT2D eigenvalue weighted by Gasteiger charge is -2.40. The van der Waals surface area contributed by atoms with E-state index in [9.17, 15) is 44.7 Å². The van der Waals surface area contributed by atoms with Crippen molar-refractivity contribution in [3.8, 4) is 6.07 Å². The number of carbonyl (C=O) groups is 1. The molecule has 1 saturated heterocycles. The van der Waals surface area contributed by atoms with Gasteiger partial charge in [0, 0.05) is 31.4 Å². The molecule has 1 fully saturated rings.